The van der Waals surface area contributed by atoms with Crippen molar-refractivity contribution in [2.24, 2.45) is 11.8 Å². The Kier molecular flexibility index (Phi) is 5.08. The number of esters is 2. The van der Waals surface area contributed by atoms with Crippen molar-refractivity contribution >= 4 is 11.9 Å². The number of carbonyl (C=O) groups excluding carboxylic acids is 2. The lowest BCUT2D eigenvalue weighted by Crippen LogP contribution is -2.38. The maximum Gasteiger partial charge on any atom is 0.337 e. The summed E-state index contributed by atoms with van der Waals surface area (Å²) in [5.74, 6) is -2.36. The van der Waals surface area contributed by atoms with Crippen molar-refractivity contribution in [3.05, 3.63) is 59.1 Å². The molecule has 0 radical (unpaired) electrons. The lowest BCUT2D eigenvalue weighted by atomic mass is 9.81. The molecule has 0 aromatic heterocycles. The van der Waals surface area contributed by atoms with E-state index in [0.29, 0.717) is 23.1 Å². The molecule has 138 valence electrons. The smallest absolute Gasteiger partial charge is 0.337 e. The average molecular weight is 362 g/mol. The van der Waals surface area contributed by atoms with Crippen LogP contribution in [0.5, 0.6) is 0 Å². The number of hydrogen-bond donors (Lipinski definition) is 1. The zero-order chi connectivity index (χ0) is 18.8. The fourth-order valence-electron chi connectivity index (χ4n) is 3.47. The summed E-state index contributed by atoms with van der Waals surface area (Å²) in [6.07, 6.45) is 1.51. The topological polar surface area (TPSA) is 82.1 Å². The van der Waals surface area contributed by atoms with Crippen LogP contribution in [0.15, 0.2) is 47.7 Å². The van der Waals surface area contributed by atoms with Crippen molar-refractivity contribution in [2.75, 3.05) is 7.11 Å². The zero-order valence-corrected chi connectivity index (χ0v) is 14.3. The first kappa shape index (κ1) is 18.1. The first-order valence-electron chi connectivity index (χ1n) is 8.17. The highest BCUT2D eigenvalue weighted by atomic mass is 19.1. The highest BCUT2D eigenvalue weighted by Crippen LogP contribution is 2.47. The van der Waals surface area contributed by atoms with Gasteiger partial charge in [-0.15, -0.1) is 0 Å². The van der Waals surface area contributed by atoms with Gasteiger partial charge in [0.05, 0.1) is 24.9 Å². The van der Waals surface area contributed by atoms with Crippen LogP contribution < -0.4 is 0 Å². The third kappa shape index (κ3) is 3.35. The minimum Gasteiger partial charge on any atom is -0.466 e. The van der Waals surface area contributed by atoms with Gasteiger partial charge in [-0.25, -0.2) is 9.18 Å². The number of benzene rings is 1. The number of halogens is 1. The van der Waals surface area contributed by atoms with Crippen LogP contribution in [-0.4, -0.2) is 30.4 Å². The summed E-state index contributed by atoms with van der Waals surface area (Å²) in [7, 11) is 1.27. The molecule has 1 aromatic rings. The summed E-state index contributed by atoms with van der Waals surface area (Å²) >= 11 is 0. The molecule has 0 fully saturated rings. The van der Waals surface area contributed by atoms with E-state index in [0.717, 1.165) is 0 Å². The Morgan fingerprint density at radius 3 is 2.62 bits per heavy atom. The summed E-state index contributed by atoms with van der Waals surface area (Å²) in [6.45, 7) is 1.26. The highest BCUT2D eigenvalue weighted by Gasteiger charge is 2.47. The molecule has 1 N–H and O–H groups in total. The van der Waals surface area contributed by atoms with Gasteiger partial charge in [0.15, 0.2) is 0 Å². The molecule has 1 aromatic carbocycles. The van der Waals surface area contributed by atoms with Gasteiger partial charge in [-0.1, -0.05) is 18.2 Å². The highest BCUT2D eigenvalue weighted by molar-refractivity contribution is 5.89. The number of aliphatic hydroxyl groups excluding tert-OH is 1. The number of allylic oxidation sites excluding steroid dienone is 1. The van der Waals surface area contributed by atoms with Crippen LogP contribution in [-0.2, 0) is 23.8 Å². The summed E-state index contributed by atoms with van der Waals surface area (Å²) in [5, 5.41) is 10.8. The van der Waals surface area contributed by atoms with Gasteiger partial charge in [-0.2, -0.15) is 0 Å². The molecule has 7 heteroatoms. The van der Waals surface area contributed by atoms with Crippen LogP contribution in [0.25, 0.3) is 0 Å². The van der Waals surface area contributed by atoms with Gasteiger partial charge in [0.1, 0.15) is 11.9 Å². The van der Waals surface area contributed by atoms with Gasteiger partial charge < -0.3 is 19.3 Å². The molecule has 1 heterocycles. The van der Waals surface area contributed by atoms with Gasteiger partial charge in [-0.05, 0) is 29.7 Å². The van der Waals surface area contributed by atoms with Crippen molar-refractivity contribution < 1.29 is 33.3 Å². The minimum atomic E-state index is -1.04. The molecule has 3 rings (SSSR count). The first-order valence-corrected chi connectivity index (χ1v) is 8.17. The molecule has 2 aliphatic rings. The molecule has 1 aliphatic heterocycles. The Labute approximate surface area is 149 Å². The number of carbonyl (C=O) groups is 2. The average Bonchev–Trinajstić information content (AvgIpc) is 3.06. The monoisotopic (exact) mass is 362 g/mol. The summed E-state index contributed by atoms with van der Waals surface area (Å²) in [5.41, 5.74) is 1.37. The van der Waals surface area contributed by atoms with Crippen molar-refractivity contribution in [1.29, 1.82) is 0 Å². The van der Waals surface area contributed by atoms with Crippen LogP contribution in [0.2, 0.25) is 0 Å². The Morgan fingerprint density at radius 1 is 1.31 bits per heavy atom. The second kappa shape index (κ2) is 7.29. The molecular formula is C19H19FO6. The number of rotatable bonds is 4. The molecular weight excluding hydrogens is 343 g/mol. The molecule has 0 bridgehead atoms. The van der Waals surface area contributed by atoms with E-state index in [9.17, 15) is 19.1 Å². The molecule has 0 saturated heterocycles. The molecule has 0 spiro atoms. The molecule has 6 nitrogen and oxygen atoms in total. The van der Waals surface area contributed by atoms with Crippen LogP contribution in [0.4, 0.5) is 4.39 Å². The minimum absolute atomic E-state index is 0.318. The number of hydrogen-bond acceptors (Lipinski definition) is 6. The predicted molar refractivity (Wildman–Crippen MR) is 87.8 cm³/mol. The van der Waals surface area contributed by atoms with Crippen LogP contribution in [0.1, 0.15) is 25.0 Å². The Balaban J connectivity index is 1.92. The maximum atomic E-state index is 13.1. The molecule has 26 heavy (non-hydrogen) atoms. The van der Waals surface area contributed by atoms with E-state index < -0.39 is 36.1 Å². The lowest BCUT2D eigenvalue weighted by molar-refractivity contribution is -0.180. The van der Waals surface area contributed by atoms with E-state index in [1.807, 2.05) is 0 Å². The van der Waals surface area contributed by atoms with Gasteiger partial charge in [0.25, 0.3) is 6.29 Å². The van der Waals surface area contributed by atoms with Crippen LogP contribution >= 0.6 is 0 Å². The number of fused-ring (bicyclic) bond motifs is 1. The normalized spacial score (nSPS) is 25.3. The molecule has 0 saturated carbocycles. The number of methoxy groups -OCH3 is 1. The third-order valence-electron chi connectivity index (χ3n) is 4.65. The SMILES string of the molecule is COC(=O)C1=COC(OC(C)=O)C2C(C(O)c3ccc(F)cc3)=CCC12. The Morgan fingerprint density at radius 2 is 2.00 bits per heavy atom. The summed E-state index contributed by atoms with van der Waals surface area (Å²) in [6, 6.07) is 5.48. The van der Waals surface area contributed by atoms with Crippen LogP contribution in [0.3, 0.4) is 0 Å². The molecule has 4 unspecified atom stereocenters. The fraction of sp³-hybridized carbons (Fsp3) is 0.368. The van der Waals surface area contributed by atoms with Crippen molar-refractivity contribution in [2.45, 2.75) is 25.7 Å². The van der Waals surface area contributed by atoms with Gasteiger partial charge in [0, 0.05) is 12.8 Å². The zero-order valence-electron chi connectivity index (χ0n) is 14.3. The van der Waals surface area contributed by atoms with Gasteiger partial charge in [-0.3, -0.25) is 4.79 Å². The molecule has 4 atom stereocenters. The largest absolute Gasteiger partial charge is 0.466 e. The van der Waals surface area contributed by atoms with E-state index >= 15 is 0 Å². The fourth-order valence-corrected chi connectivity index (χ4v) is 3.47. The van der Waals surface area contributed by atoms with E-state index in [4.69, 9.17) is 14.2 Å². The van der Waals surface area contributed by atoms with Gasteiger partial charge in [0.2, 0.25) is 0 Å². The van der Waals surface area contributed by atoms with E-state index in [-0.39, 0.29) is 5.92 Å². The number of aliphatic hydroxyl groups is 1. The third-order valence-corrected chi connectivity index (χ3v) is 4.65. The second-order valence-electron chi connectivity index (χ2n) is 6.20. The van der Waals surface area contributed by atoms with Crippen molar-refractivity contribution in [3.8, 4) is 0 Å². The Hall–Kier alpha value is -2.67. The lowest BCUT2D eigenvalue weighted by Gasteiger charge is -2.35. The molecule has 1 aliphatic carbocycles. The van der Waals surface area contributed by atoms with Crippen LogP contribution in [0, 0.1) is 17.7 Å². The van der Waals surface area contributed by atoms with E-state index in [1.54, 1.807) is 6.08 Å². The van der Waals surface area contributed by atoms with Crippen molar-refractivity contribution in [3.63, 3.8) is 0 Å². The second-order valence-corrected chi connectivity index (χ2v) is 6.20. The van der Waals surface area contributed by atoms with Crippen molar-refractivity contribution in [1.82, 2.24) is 0 Å². The molecule has 0 amide bonds. The first-order chi connectivity index (χ1) is 12.4. The standard InChI is InChI=1S/C19H19FO6/c1-10(21)26-19-16-13(15(9-25-19)18(23)24-2)7-8-14(16)17(22)11-3-5-12(20)6-4-11/h3-6,8-9,13,16-17,19,22H,7H2,1-2H3. The Bertz CT molecular complexity index is 767. The maximum absolute atomic E-state index is 13.1. The summed E-state index contributed by atoms with van der Waals surface area (Å²) in [4.78, 5) is 23.4. The summed E-state index contributed by atoms with van der Waals surface area (Å²) < 4.78 is 28.6. The van der Waals surface area contributed by atoms with Gasteiger partial charge >= 0.3 is 11.9 Å². The predicted octanol–water partition coefficient (Wildman–Crippen LogP) is 2.40. The van der Waals surface area contributed by atoms with E-state index in [1.165, 1.54) is 44.6 Å². The number of ether oxygens (including phenoxy) is 3. The quantitative estimate of drug-likeness (QED) is 0.654. The van der Waals surface area contributed by atoms with E-state index in [2.05, 4.69) is 0 Å².